The molecule has 0 aromatic heterocycles. The second kappa shape index (κ2) is 5.15. The Morgan fingerprint density at radius 2 is 1.47 bits per heavy atom. The van der Waals surface area contributed by atoms with E-state index in [1.807, 2.05) is 7.05 Å². The molecule has 0 unspecified atom stereocenters. The first kappa shape index (κ1) is 11.9. The van der Waals surface area contributed by atoms with Gasteiger partial charge in [0.2, 0.25) is 0 Å². The van der Waals surface area contributed by atoms with Crippen molar-refractivity contribution in [1.29, 1.82) is 0 Å². The third kappa shape index (κ3) is 2.75. The highest BCUT2D eigenvalue weighted by atomic mass is 14.8. The lowest BCUT2D eigenvalue weighted by Crippen LogP contribution is -2.04. The van der Waals surface area contributed by atoms with E-state index in [9.17, 15) is 0 Å². The van der Waals surface area contributed by atoms with Gasteiger partial charge in [-0.1, -0.05) is 42.5 Å². The van der Waals surface area contributed by atoms with E-state index in [1.165, 1.54) is 27.8 Å². The number of nitrogens with one attached hydrogen (secondary N) is 1. The van der Waals surface area contributed by atoms with E-state index in [0.29, 0.717) is 0 Å². The fourth-order valence-electron chi connectivity index (χ4n) is 1.94. The largest absolute Gasteiger partial charge is 0.316 e. The minimum Gasteiger partial charge on any atom is -0.316 e. The summed E-state index contributed by atoms with van der Waals surface area (Å²) < 4.78 is 0. The predicted octanol–water partition coefficient (Wildman–Crippen LogP) is 3.69. The average molecular weight is 225 g/mol. The van der Waals surface area contributed by atoms with E-state index in [4.69, 9.17) is 0 Å². The van der Waals surface area contributed by atoms with Crippen LogP contribution in [0.5, 0.6) is 0 Å². The van der Waals surface area contributed by atoms with Crippen LogP contribution in [0.3, 0.4) is 0 Å². The molecule has 88 valence electrons. The van der Waals surface area contributed by atoms with Crippen LogP contribution in [0.4, 0.5) is 0 Å². The Balaban J connectivity index is 2.30. The monoisotopic (exact) mass is 225 g/mol. The maximum atomic E-state index is 3.16. The summed E-state index contributed by atoms with van der Waals surface area (Å²) in [7, 11) is 1.97. The summed E-state index contributed by atoms with van der Waals surface area (Å²) in [5.41, 5.74) is 6.60. The van der Waals surface area contributed by atoms with Crippen LogP contribution >= 0.6 is 0 Å². The molecule has 17 heavy (non-hydrogen) atoms. The number of benzene rings is 2. The van der Waals surface area contributed by atoms with Gasteiger partial charge in [0.25, 0.3) is 0 Å². The van der Waals surface area contributed by atoms with Crippen molar-refractivity contribution in [2.75, 3.05) is 7.05 Å². The summed E-state index contributed by atoms with van der Waals surface area (Å²) in [5.74, 6) is 0. The molecule has 0 saturated heterocycles. The quantitative estimate of drug-likeness (QED) is 0.840. The molecule has 0 bridgehead atoms. The summed E-state index contributed by atoms with van der Waals surface area (Å²) in [4.78, 5) is 0. The van der Waals surface area contributed by atoms with Gasteiger partial charge in [-0.05, 0) is 48.7 Å². The van der Waals surface area contributed by atoms with Crippen molar-refractivity contribution in [1.82, 2.24) is 5.32 Å². The molecule has 2 aromatic rings. The third-order valence-electron chi connectivity index (χ3n) is 3.18. The van der Waals surface area contributed by atoms with E-state index < -0.39 is 0 Å². The third-order valence-corrected chi connectivity index (χ3v) is 3.18. The van der Waals surface area contributed by atoms with Gasteiger partial charge >= 0.3 is 0 Å². The molecule has 0 saturated carbocycles. The van der Waals surface area contributed by atoms with Crippen LogP contribution < -0.4 is 5.32 Å². The van der Waals surface area contributed by atoms with Gasteiger partial charge in [0.05, 0.1) is 0 Å². The molecule has 1 nitrogen and oxygen atoms in total. The average Bonchev–Trinajstić information content (AvgIpc) is 2.34. The zero-order valence-electron chi connectivity index (χ0n) is 10.7. The Hall–Kier alpha value is -1.60. The van der Waals surface area contributed by atoms with E-state index in [-0.39, 0.29) is 0 Å². The first-order valence-electron chi connectivity index (χ1n) is 6.02. The van der Waals surface area contributed by atoms with E-state index in [2.05, 4.69) is 61.6 Å². The normalized spacial score (nSPS) is 10.5. The summed E-state index contributed by atoms with van der Waals surface area (Å²) in [6.45, 7) is 5.23. The highest BCUT2D eigenvalue weighted by Gasteiger charge is 2.00. The molecule has 0 heterocycles. The number of rotatable bonds is 3. The maximum Gasteiger partial charge on any atom is 0.0202 e. The zero-order valence-corrected chi connectivity index (χ0v) is 10.7. The standard InChI is InChI=1S/C16H19N/c1-12-4-7-16(10-13(12)2)15-8-5-14(6-9-15)11-17-3/h4-10,17H,11H2,1-3H3. The molecule has 1 N–H and O–H groups in total. The molecule has 0 atom stereocenters. The van der Waals surface area contributed by atoms with Crippen molar-refractivity contribution in [2.45, 2.75) is 20.4 Å². The van der Waals surface area contributed by atoms with Crippen molar-refractivity contribution in [3.8, 4) is 11.1 Å². The molecule has 0 amide bonds. The van der Waals surface area contributed by atoms with Crippen LogP contribution in [-0.4, -0.2) is 7.05 Å². The van der Waals surface area contributed by atoms with Gasteiger partial charge in [-0.25, -0.2) is 0 Å². The van der Waals surface area contributed by atoms with Gasteiger partial charge in [0.15, 0.2) is 0 Å². The highest BCUT2D eigenvalue weighted by Crippen LogP contribution is 2.22. The van der Waals surface area contributed by atoms with E-state index in [0.717, 1.165) is 6.54 Å². The molecule has 0 fully saturated rings. The highest BCUT2D eigenvalue weighted by molar-refractivity contribution is 5.65. The maximum absolute atomic E-state index is 3.16. The van der Waals surface area contributed by atoms with Gasteiger partial charge < -0.3 is 5.32 Å². The molecule has 1 heteroatoms. The molecule has 0 aliphatic carbocycles. The van der Waals surface area contributed by atoms with Crippen LogP contribution in [-0.2, 0) is 6.54 Å². The molecule has 2 aromatic carbocycles. The van der Waals surface area contributed by atoms with Crippen LogP contribution in [0.25, 0.3) is 11.1 Å². The minimum atomic E-state index is 0.924. The summed E-state index contributed by atoms with van der Waals surface area (Å²) >= 11 is 0. The van der Waals surface area contributed by atoms with E-state index in [1.54, 1.807) is 0 Å². The van der Waals surface area contributed by atoms with Crippen LogP contribution in [0.2, 0.25) is 0 Å². The molecular formula is C16H19N. The molecule has 0 aliphatic rings. The fourth-order valence-corrected chi connectivity index (χ4v) is 1.94. The fraction of sp³-hybridized carbons (Fsp3) is 0.250. The molecule has 0 aliphatic heterocycles. The topological polar surface area (TPSA) is 12.0 Å². The van der Waals surface area contributed by atoms with Crippen molar-refractivity contribution in [3.05, 3.63) is 59.2 Å². The second-order valence-electron chi connectivity index (χ2n) is 4.53. The number of aryl methyl sites for hydroxylation is 2. The van der Waals surface area contributed by atoms with Crippen molar-refractivity contribution >= 4 is 0 Å². The predicted molar refractivity (Wildman–Crippen MR) is 74.1 cm³/mol. The molecular weight excluding hydrogens is 206 g/mol. The zero-order chi connectivity index (χ0) is 12.3. The van der Waals surface area contributed by atoms with Crippen LogP contribution in [0, 0.1) is 13.8 Å². The van der Waals surface area contributed by atoms with Crippen LogP contribution in [0.1, 0.15) is 16.7 Å². The van der Waals surface area contributed by atoms with Crippen LogP contribution in [0.15, 0.2) is 42.5 Å². The number of hydrogen-bond acceptors (Lipinski definition) is 1. The Labute approximate surface area is 103 Å². The SMILES string of the molecule is CNCc1ccc(-c2ccc(C)c(C)c2)cc1. The Morgan fingerprint density at radius 1 is 0.824 bits per heavy atom. The first-order valence-corrected chi connectivity index (χ1v) is 6.02. The van der Waals surface area contributed by atoms with Gasteiger partial charge in [-0.3, -0.25) is 0 Å². The summed E-state index contributed by atoms with van der Waals surface area (Å²) in [5, 5.41) is 3.16. The summed E-state index contributed by atoms with van der Waals surface area (Å²) in [6.07, 6.45) is 0. The Morgan fingerprint density at radius 3 is 2.06 bits per heavy atom. The van der Waals surface area contributed by atoms with Gasteiger partial charge in [0.1, 0.15) is 0 Å². The lowest BCUT2D eigenvalue weighted by Gasteiger charge is -2.07. The van der Waals surface area contributed by atoms with Gasteiger partial charge in [-0.2, -0.15) is 0 Å². The smallest absolute Gasteiger partial charge is 0.0202 e. The molecule has 0 radical (unpaired) electrons. The van der Waals surface area contributed by atoms with Gasteiger partial charge in [0, 0.05) is 6.54 Å². The molecule has 0 spiro atoms. The first-order chi connectivity index (χ1) is 8.20. The lowest BCUT2D eigenvalue weighted by atomic mass is 10.00. The lowest BCUT2D eigenvalue weighted by molar-refractivity contribution is 0.818. The van der Waals surface area contributed by atoms with Crippen molar-refractivity contribution < 1.29 is 0 Å². The van der Waals surface area contributed by atoms with Gasteiger partial charge in [-0.15, -0.1) is 0 Å². The Bertz CT molecular complexity index is 497. The van der Waals surface area contributed by atoms with E-state index >= 15 is 0 Å². The van der Waals surface area contributed by atoms with Crippen molar-refractivity contribution in [3.63, 3.8) is 0 Å². The molecule has 2 rings (SSSR count). The number of hydrogen-bond donors (Lipinski definition) is 1. The minimum absolute atomic E-state index is 0.924. The van der Waals surface area contributed by atoms with Crippen molar-refractivity contribution in [2.24, 2.45) is 0 Å². The Kier molecular flexibility index (Phi) is 3.60. The second-order valence-corrected chi connectivity index (χ2v) is 4.53. The summed E-state index contributed by atoms with van der Waals surface area (Å²) in [6, 6.07) is 15.4.